The molecule has 0 bridgehead atoms. The van der Waals surface area contributed by atoms with Gasteiger partial charge in [0.2, 0.25) is 0 Å². The zero-order valence-electron chi connectivity index (χ0n) is 15.6. The smallest absolute Gasteiger partial charge is 0.317 e. The molecular formula is C19H23N7O. The highest BCUT2D eigenvalue weighted by molar-refractivity contribution is 5.77. The normalized spacial score (nSPS) is 14.6. The van der Waals surface area contributed by atoms with Crippen LogP contribution in [0.2, 0.25) is 0 Å². The monoisotopic (exact) mass is 365 g/mol. The number of hydrogen-bond acceptors (Lipinski definition) is 5. The van der Waals surface area contributed by atoms with Crippen LogP contribution in [0.4, 0.5) is 10.6 Å². The number of aromatic amines is 1. The Hall–Kier alpha value is -3.16. The third-order valence-electron chi connectivity index (χ3n) is 4.99. The molecule has 1 fully saturated rings. The van der Waals surface area contributed by atoms with E-state index in [-0.39, 0.29) is 6.03 Å². The number of fused-ring (bicyclic) bond motifs is 1. The van der Waals surface area contributed by atoms with Crippen LogP contribution in [0.25, 0.3) is 11.0 Å². The summed E-state index contributed by atoms with van der Waals surface area (Å²) in [7, 11) is 0. The number of anilines is 1. The number of urea groups is 1. The molecule has 0 radical (unpaired) electrons. The lowest BCUT2D eigenvalue weighted by atomic mass is 10.1. The van der Waals surface area contributed by atoms with Gasteiger partial charge in [0, 0.05) is 38.6 Å². The summed E-state index contributed by atoms with van der Waals surface area (Å²) in [5.41, 5.74) is 4.37. The fourth-order valence-corrected chi connectivity index (χ4v) is 3.27. The maximum atomic E-state index is 12.5. The number of benzene rings is 1. The van der Waals surface area contributed by atoms with Gasteiger partial charge in [0.1, 0.15) is 11.6 Å². The van der Waals surface area contributed by atoms with Crippen LogP contribution in [0.1, 0.15) is 17.0 Å². The van der Waals surface area contributed by atoms with E-state index in [1.54, 1.807) is 18.6 Å². The molecule has 2 aromatic heterocycles. The van der Waals surface area contributed by atoms with E-state index in [0.717, 1.165) is 35.8 Å². The van der Waals surface area contributed by atoms with Crippen molar-refractivity contribution in [3.8, 4) is 0 Å². The summed E-state index contributed by atoms with van der Waals surface area (Å²) in [6.45, 7) is 7.34. The Morgan fingerprint density at radius 3 is 2.67 bits per heavy atom. The molecule has 8 nitrogen and oxygen atoms in total. The van der Waals surface area contributed by atoms with Gasteiger partial charge in [-0.1, -0.05) is 0 Å². The highest BCUT2D eigenvalue weighted by atomic mass is 16.2. The van der Waals surface area contributed by atoms with Gasteiger partial charge in [-0.2, -0.15) is 0 Å². The Kier molecular flexibility index (Phi) is 4.62. The molecule has 4 rings (SSSR count). The number of carbonyl (C=O) groups excluding carboxylic acids is 1. The minimum absolute atomic E-state index is 0.0680. The van der Waals surface area contributed by atoms with E-state index in [9.17, 15) is 4.79 Å². The van der Waals surface area contributed by atoms with Crippen molar-refractivity contribution < 1.29 is 4.79 Å². The zero-order valence-corrected chi connectivity index (χ0v) is 15.6. The summed E-state index contributed by atoms with van der Waals surface area (Å²) < 4.78 is 0. The third kappa shape index (κ3) is 3.69. The molecule has 2 N–H and O–H groups in total. The SMILES string of the molecule is Cc1cc2nc(CNC(=O)N3CCN(c4cnccn4)CC3)[nH]c2cc1C. The van der Waals surface area contributed by atoms with Crippen molar-refractivity contribution in [3.63, 3.8) is 0 Å². The second-order valence-electron chi connectivity index (χ2n) is 6.83. The van der Waals surface area contributed by atoms with Crippen molar-refractivity contribution in [1.82, 2.24) is 30.2 Å². The van der Waals surface area contributed by atoms with Crippen LogP contribution in [0.3, 0.4) is 0 Å². The molecule has 27 heavy (non-hydrogen) atoms. The number of nitrogens with one attached hydrogen (secondary N) is 2. The predicted molar refractivity (Wildman–Crippen MR) is 104 cm³/mol. The van der Waals surface area contributed by atoms with Crippen molar-refractivity contribution in [3.05, 3.63) is 47.7 Å². The van der Waals surface area contributed by atoms with E-state index in [1.807, 2.05) is 4.90 Å². The Labute approximate surface area is 157 Å². The lowest BCUT2D eigenvalue weighted by Gasteiger charge is -2.35. The number of rotatable bonds is 3. The molecule has 3 heterocycles. The number of nitrogens with zero attached hydrogens (tertiary/aromatic N) is 5. The van der Waals surface area contributed by atoms with Crippen molar-refractivity contribution in [2.75, 3.05) is 31.1 Å². The van der Waals surface area contributed by atoms with E-state index >= 15 is 0 Å². The van der Waals surface area contributed by atoms with E-state index in [4.69, 9.17) is 0 Å². The molecule has 0 atom stereocenters. The van der Waals surface area contributed by atoms with Gasteiger partial charge in [-0.3, -0.25) is 4.98 Å². The van der Waals surface area contributed by atoms with Crippen molar-refractivity contribution in [1.29, 1.82) is 0 Å². The van der Waals surface area contributed by atoms with Crippen LogP contribution in [-0.2, 0) is 6.54 Å². The van der Waals surface area contributed by atoms with E-state index in [2.05, 4.69) is 56.1 Å². The van der Waals surface area contributed by atoms with Crippen LogP contribution in [-0.4, -0.2) is 57.0 Å². The maximum absolute atomic E-state index is 12.5. The van der Waals surface area contributed by atoms with Crippen LogP contribution in [0.5, 0.6) is 0 Å². The van der Waals surface area contributed by atoms with Gasteiger partial charge in [0.15, 0.2) is 0 Å². The standard InChI is InChI=1S/C19H23N7O/c1-13-9-15-16(10-14(13)2)24-17(23-15)11-22-19(27)26-7-5-25(6-8-26)18-12-20-3-4-21-18/h3-4,9-10,12H,5-8,11H2,1-2H3,(H,22,27)(H,23,24). The van der Waals surface area contributed by atoms with Gasteiger partial charge in [-0.05, 0) is 37.1 Å². The van der Waals surface area contributed by atoms with Crippen LogP contribution < -0.4 is 10.2 Å². The van der Waals surface area contributed by atoms with Crippen LogP contribution >= 0.6 is 0 Å². The van der Waals surface area contributed by atoms with Gasteiger partial charge >= 0.3 is 6.03 Å². The Morgan fingerprint density at radius 1 is 1.15 bits per heavy atom. The molecule has 0 saturated carbocycles. The molecule has 1 saturated heterocycles. The lowest BCUT2D eigenvalue weighted by Crippen LogP contribution is -2.52. The first kappa shape index (κ1) is 17.3. The van der Waals surface area contributed by atoms with Gasteiger partial charge < -0.3 is 20.1 Å². The first-order valence-corrected chi connectivity index (χ1v) is 9.10. The fourth-order valence-electron chi connectivity index (χ4n) is 3.27. The molecule has 0 unspecified atom stereocenters. The lowest BCUT2D eigenvalue weighted by molar-refractivity contribution is 0.193. The molecular weight excluding hydrogens is 342 g/mol. The van der Waals surface area contributed by atoms with Crippen molar-refractivity contribution in [2.24, 2.45) is 0 Å². The molecule has 3 aromatic rings. The molecule has 140 valence electrons. The number of carbonyl (C=O) groups is 1. The molecule has 1 aromatic carbocycles. The fraction of sp³-hybridized carbons (Fsp3) is 0.368. The molecule has 8 heteroatoms. The average molecular weight is 365 g/mol. The van der Waals surface area contributed by atoms with Crippen LogP contribution in [0.15, 0.2) is 30.7 Å². The summed E-state index contributed by atoms with van der Waals surface area (Å²) in [6.07, 6.45) is 5.10. The zero-order chi connectivity index (χ0) is 18.8. The Balaban J connectivity index is 1.32. The summed E-state index contributed by atoms with van der Waals surface area (Å²) in [5, 5.41) is 2.96. The number of aryl methyl sites for hydroxylation is 2. The molecule has 0 aliphatic carbocycles. The Morgan fingerprint density at radius 2 is 1.93 bits per heavy atom. The molecule has 1 aliphatic heterocycles. The second kappa shape index (κ2) is 7.22. The molecule has 2 amide bonds. The van der Waals surface area contributed by atoms with Gasteiger partial charge in [0.25, 0.3) is 0 Å². The molecule has 1 aliphatic rings. The van der Waals surface area contributed by atoms with Crippen molar-refractivity contribution in [2.45, 2.75) is 20.4 Å². The van der Waals surface area contributed by atoms with Gasteiger partial charge in [-0.25, -0.2) is 14.8 Å². The number of imidazole rings is 1. The predicted octanol–water partition coefficient (Wildman–Crippen LogP) is 2.00. The molecule has 0 spiro atoms. The summed E-state index contributed by atoms with van der Waals surface area (Å²) in [6, 6.07) is 4.09. The van der Waals surface area contributed by atoms with Crippen molar-refractivity contribution >= 4 is 22.9 Å². The first-order valence-electron chi connectivity index (χ1n) is 9.10. The minimum atomic E-state index is -0.0680. The highest BCUT2D eigenvalue weighted by Gasteiger charge is 2.22. The Bertz CT molecular complexity index is 906. The third-order valence-corrected chi connectivity index (χ3v) is 4.99. The number of piperazine rings is 1. The largest absolute Gasteiger partial charge is 0.352 e. The quantitative estimate of drug-likeness (QED) is 0.741. The van der Waals surface area contributed by atoms with Gasteiger partial charge in [0.05, 0.1) is 23.8 Å². The number of hydrogen-bond donors (Lipinski definition) is 2. The minimum Gasteiger partial charge on any atom is -0.352 e. The average Bonchev–Trinajstić information content (AvgIpc) is 3.09. The summed E-state index contributed by atoms with van der Waals surface area (Å²) >= 11 is 0. The maximum Gasteiger partial charge on any atom is 0.317 e. The number of aromatic nitrogens is 4. The first-order chi connectivity index (χ1) is 13.1. The summed E-state index contributed by atoms with van der Waals surface area (Å²) in [5.74, 6) is 1.62. The van der Waals surface area contributed by atoms with Gasteiger partial charge in [-0.15, -0.1) is 0 Å². The second-order valence-corrected chi connectivity index (χ2v) is 6.83. The van der Waals surface area contributed by atoms with Crippen LogP contribution in [0, 0.1) is 13.8 Å². The van der Waals surface area contributed by atoms with E-state index in [1.165, 1.54) is 11.1 Å². The highest BCUT2D eigenvalue weighted by Crippen LogP contribution is 2.17. The topological polar surface area (TPSA) is 90.0 Å². The number of H-pyrrole nitrogens is 1. The summed E-state index contributed by atoms with van der Waals surface area (Å²) in [4.78, 5) is 32.7. The number of amides is 2. The van der Waals surface area contributed by atoms with E-state index in [0.29, 0.717) is 19.6 Å². The van der Waals surface area contributed by atoms with E-state index < -0.39 is 0 Å².